The van der Waals surface area contributed by atoms with Crippen LogP contribution in [0.3, 0.4) is 0 Å². The van der Waals surface area contributed by atoms with Gasteiger partial charge in [0.05, 0.1) is 12.3 Å². The van der Waals surface area contributed by atoms with Crippen molar-refractivity contribution in [1.29, 1.82) is 0 Å². The Bertz CT molecular complexity index is 517. The molecule has 2 heterocycles. The molecule has 0 unspecified atom stereocenters. The lowest BCUT2D eigenvalue weighted by molar-refractivity contribution is 0.248. The van der Waals surface area contributed by atoms with Gasteiger partial charge in [0.2, 0.25) is 5.43 Å². The lowest BCUT2D eigenvalue weighted by atomic mass is 10.2. The first-order chi connectivity index (χ1) is 10.2. The van der Waals surface area contributed by atoms with Crippen molar-refractivity contribution >= 4 is 0 Å². The normalized spacial score (nSPS) is 16.9. The second-order valence-corrected chi connectivity index (χ2v) is 5.80. The topological polar surface area (TPSA) is 65.7 Å². The quantitative estimate of drug-likeness (QED) is 0.869. The molecule has 118 valence electrons. The van der Waals surface area contributed by atoms with Crippen LogP contribution in [0.1, 0.15) is 50.4 Å². The van der Waals surface area contributed by atoms with Gasteiger partial charge in [-0.3, -0.25) is 9.69 Å². The Morgan fingerprint density at radius 1 is 1.19 bits per heavy atom. The molecule has 2 N–H and O–H groups in total. The largest absolute Gasteiger partial charge is 0.503 e. The molecule has 21 heavy (non-hydrogen) atoms. The number of aromatic hydroxyl groups is 1. The number of aliphatic hydroxyl groups is 1. The maximum absolute atomic E-state index is 11.9. The molecule has 2 rings (SSSR count). The van der Waals surface area contributed by atoms with Crippen molar-refractivity contribution < 1.29 is 10.2 Å². The summed E-state index contributed by atoms with van der Waals surface area (Å²) in [4.78, 5) is 14.2. The van der Waals surface area contributed by atoms with Crippen molar-refractivity contribution in [3.8, 4) is 5.75 Å². The first-order valence-electron chi connectivity index (χ1n) is 7.95. The second kappa shape index (κ2) is 7.61. The van der Waals surface area contributed by atoms with Gasteiger partial charge in [-0.15, -0.1) is 0 Å². The lowest BCUT2D eigenvalue weighted by Gasteiger charge is -2.24. The van der Waals surface area contributed by atoms with Crippen LogP contribution in [0.4, 0.5) is 0 Å². The zero-order chi connectivity index (χ0) is 15.2. The number of nitrogens with zero attached hydrogens (tertiary/aromatic N) is 2. The van der Waals surface area contributed by atoms with Gasteiger partial charge < -0.3 is 14.8 Å². The molecule has 0 spiro atoms. The summed E-state index contributed by atoms with van der Waals surface area (Å²) in [6, 6.07) is 1.34. The van der Waals surface area contributed by atoms with Crippen molar-refractivity contribution in [1.82, 2.24) is 9.47 Å². The van der Waals surface area contributed by atoms with Gasteiger partial charge in [-0.25, -0.2) is 0 Å². The van der Waals surface area contributed by atoms with Crippen LogP contribution < -0.4 is 5.43 Å². The minimum atomic E-state index is -0.392. The van der Waals surface area contributed by atoms with E-state index in [9.17, 15) is 15.0 Å². The maximum atomic E-state index is 11.9. The molecular weight excluding hydrogens is 268 g/mol. The predicted molar refractivity (Wildman–Crippen MR) is 82.3 cm³/mol. The van der Waals surface area contributed by atoms with Crippen LogP contribution in [-0.4, -0.2) is 32.8 Å². The van der Waals surface area contributed by atoms with Crippen LogP contribution in [0.15, 0.2) is 10.9 Å². The van der Waals surface area contributed by atoms with Crippen LogP contribution in [0.25, 0.3) is 0 Å². The average molecular weight is 294 g/mol. The molecule has 1 fully saturated rings. The summed E-state index contributed by atoms with van der Waals surface area (Å²) in [5, 5.41) is 19.7. The third-order valence-corrected chi connectivity index (χ3v) is 4.16. The standard InChI is InChI=1S/C16H26N2O3/c1-2-7-18-13(12-19)10-15(20)16(21)14(18)11-17-8-5-3-4-6-9-17/h10,19,21H,2-9,11-12H2,1H3. The first kappa shape index (κ1) is 16.0. The minimum absolute atomic E-state index is 0.162. The smallest absolute Gasteiger partial charge is 0.223 e. The van der Waals surface area contributed by atoms with E-state index in [0.29, 0.717) is 24.5 Å². The van der Waals surface area contributed by atoms with Crippen LogP contribution in [0, 0.1) is 0 Å². The highest BCUT2D eigenvalue weighted by molar-refractivity contribution is 5.30. The summed E-state index contributed by atoms with van der Waals surface area (Å²) in [6.45, 7) is 5.16. The molecule has 0 saturated carbocycles. The predicted octanol–water partition coefficient (Wildman–Crippen LogP) is 1.83. The highest BCUT2D eigenvalue weighted by atomic mass is 16.3. The Morgan fingerprint density at radius 2 is 1.86 bits per heavy atom. The minimum Gasteiger partial charge on any atom is -0.503 e. The molecule has 0 radical (unpaired) electrons. The Kier molecular flexibility index (Phi) is 5.82. The molecule has 1 saturated heterocycles. The van der Waals surface area contributed by atoms with E-state index in [0.717, 1.165) is 19.5 Å². The van der Waals surface area contributed by atoms with E-state index in [1.807, 2.05) is 11.5 Å². The summed E-state index contributed by atoms with van der Waals surface area (Å²) in [5.41, 5.74) is 0.844. The zero-order valence-electron chi connectivity index (χ0n) is 12.8. The van der Waals surface area contributed by atoms with Crippen LogP contribution in [-0.2, 0) is 19.7 Å². The van der Waals surface area contributed by atoms with E-state index in [2.05, 4.69) is 4.90 Å². The van der Waals surface area contributed by atoms with Crippen LogP contribution in [0.5, 0.6) is 5.75 Å². The number of hydrogen-bond acceptors (Lipinski definition) is 4. The van der Waals surface area contributed by atoms with Gasteiger partial charge in [-0.05, 0) is 32.4 Å². The summed E-state index contributed by atoms with van der Waals surface area (Å²) in [7, 11) is 0. The first-order valence-corrected chi connectivity index (χ1v) is 7.95. The van der Waals surface area contributed by atoms with Gasteiger partial charge in [0.1, 0.15) is 0 Å². The third-order valence-electron chi connectivity index (χ3n) is 4.16. The Balaban J connectivity index is 2.34. The molecule has 0 aromatic carbocycles. The Labute approximate surface area is 125 Å². The monoisotopic (exact) mass is 294 g/mol. The highest BCUT2D eigenvalue weighted by Crippen LogP contribution is 2.20. The van der Waals surface area contributed by atoms with Crippen LogP contribution in [0.2, 0.25) is 0 Å². The maximum Gasteiger partial charge on any atom is 0.223 e. The van der Waals surface area contributed by atoms with Gasteiger partial charge in [0.25, 0.3) is 0 Å². The SMILES string of the molecule is CCCn1c(CO)cc(=O)c(O)c1CN1CCCCCC1. The lowest BCUT2D eigenvalue weighted by Crippen LogP contribution is -2.28. The van der Waals surface area contributed by atoms with Gasteiger partial charge in [0, 0.05) is 24.8 Å². The summed E-state index contributed by atoms with van der Waals surface area (Å²) < 4.78 is 1.90. The van der Waals surface area contributed by atoms with E-state index < -0.39 is 5.43 Å². The molecule has 0 bridgehead atoms. The fourth-order valence-electron chi connectivity index (χ4n) is 3.04. The van der Waals surface area contributed by atoms with Crippen molar-refractivity contribution in [2.45, 2.75) is 58.7 Å². The molecular formula is C16H26N2O3. The summed E-state index contributed by atoms with van der Waals surface area (Å²) in [5.74, 6) is -0.162. The molecule has 1 aliphatic rings. The average Bonchev–Trinajstić information content (AvgIpc) is 2.75. The molecule has 5 nitrogen and oxygen atoms in total. The number of rotatable bonds is 5. The zero-order valence-corrected chi connectivity index (χ0v) is 12.8. The van der Waals surface area contributed by atoms with Crippen LogP contribution >= 0.6 is 0 Å². The molecule has 5 heteroatoms. The van der Waals surface area contributed by atoms with Crippen molar-refractivity contribution in [3.63, 3.8) is 0 Å². The molecule has 1 aliphatic heterocycles. The van der Waals surface area contributed by atoms with Gasteiger partial charge in [-0.1, -0.05) is 19.8 Å². The highest BCUT2D eigenvalue weighted by Gasteiger charge is 2.18. The van der Waals surface area contributed by atoms with Gasteiger partial charge in [-0.2, -0.15) is 0 Å². The third kappa shape index (κ3) is 3.86. The van der Waals surface area contributed by atoms with E-state index in [4.69, 9.17) is 0 Å². The molecule has 0 aliphatic carbocycles. The fraction of sp³-hybridized carbons (Fsp3) is 0.688. The van der Waals surface area contributed by atoms with E-state index in [1.54, 1.807) is 0 Å². The van der Waals surface area contributed by atoms with Gasteiger partial charge >= 0.3 is 0 Å². The summed E-state index contributed by atoms with van der Waals surface area (Å²) in [6.07, 6.45) is 5.72. The molecule has 0 atom stereocenters. The number of likely N-dealkylation sites (tertiary alicyclic amines) is 1. The van der Waals surface area contributed by atoms with E-state index in [1.165, 1.54) is 31.7 Å². The van der Waals surface area contributed by atoms with Crippen molar-refractivity contribution in [2.24, 2.45) is 0 Å². The van der Waals surface area contributed by atoms with Crippen molar-refractivity contribution in [2.75, 3.05) is 13.1 Å². The fourth-order valence-corrected chi connectivity index (χ4v) is 3.04. The summed E-state index contributed by atoms with van der Waals surface area (Å²) >= 11 is 0. The second-order valence-electron chi connectivity index (χ2n) is 5.80. The number of aromatic nitrogens is 1. The number of aliphatic hydroxyl groups excluding tert-OH is 1. The van der Waals surface area contributed by atoms with Gasteiger partial charge in [0.15, 0.2) is 5.75 Å². The number of pyridine rings is 1. The molecule has 0 amide bonds. The number of hydrogen-bond donors (Lipinski definition) is 2. The van der Waals surface area contributed by atoms with E-state index >= 15 is 0 Å². The van der Waals surface area contributed by atoms with E-state index in [-0.39, 0.29) is 12.4 Å². The van der Waals surface area contributed by atoms with Crippen molar-refractivity contribution in [3.05, 3.63) is 27.7 Å². The Hall–Kier alpha value is -1.33. The Morgan fingerprint density at radius 3 is 2.43 bits per heavy atom. The molecule has 1 aromatic rings. The molecule has 1 aromatic heterocycles.